The lowest BCUT2D eigenvalue weighted by atomic mass is 10.2. The number of imidazole rings is 1. The molecule has 126 valence electrons. The van der Waals surface area contributed by atoms with E-state index in [0.717, 1.165) is 41.9 Å². The van der Waals surface area contributed by atoms with E-state index in [1.807, 2.05) is 48.2 Å². The highest BCUT2D eigenvalue weighted by atomic mass is 16.2. The topological polar surface area (TPSA) is 51.0 Å². The van der Waals surface area contributed by atoms with Crippen LogP contribution in [0.15, 0.2) is 54.9 Å². The van der Waals surface area contributed by atoms with Gasteiger partial charge in [-0.15, -0.1) is 0 Å². The molecule has 2 aromatic heterocycles. The van der Waals surface area contributed by atoms with E-state index < -0.39 is 0 Å². The maximum atomic E-state index is 12.5. The number of pyridine rings is 1. The van der Waals surface area contributed by atoms with Crippen LogP contribution in [-0.2, 0) is 4.79 Å². The lowest BCUT2D eigenvalue weighted by Gasteiger charge is -2.17. The molecule has 0 bridgehead atoms. The van der Waals surface area contributed by atoms with E-state index in [0.29, 0.717) is 0 Å². The van der Waals surface area contributed by atoms with Gasteiger partial charge in [-0.05, 0) is 43.2 Å². The van der Waals surface area contributed by atoms with E-state index in [2.05, 4.69) is 20.6 Å². The number of aryl methyl sites for hydroxylation is 1. The molecule has 1 unspecified atom stereocenters. The Hall–Kier alpha value is -2.95. The first kappa shape index (κ1) is 15.6. The summed E-state index contributed by atoms with van der Waals surface area (Å²) in [6.07, 6.45) is 7.88. The second-order valence-electron chi connectivity index (χ2n) is 6.36. The van der Waals surface area contributed by atoms with Crippen molar-refractivity contribution in [1.82, 2.24) is 19.4 Å². The fraction of sp³-hybridized carbons (Fsp3) is 0.250. The summed E-state index contributed by atoms with van der Waals surface area (Å²) in [6.45, 7) is 3.52. The minimum absolute atomic E-state index is 0.0495. The third-order valence-electron chi connectivity index (χ3n) is 4.72. The number of carbonyl (C=O) groups excluding carboxylic acids is 1. The molecular formula is C20H20N4O. The number of aromatic nitrogens is 3. The van der Waals surface area contributed by atoms with E-state index in [-0.39, 0.29) is 11.9 Å². The van der Waals surface area contributed by atoms with Crippen LogP contribution in [0.3, 0.4) is 0 Å². The number of carbonyl (C=O) groups is 1. The first-order valence-corrected chi connectivity index (χ1v) is 8.53. The molecule has 3 heterocycles. The summed E-state index contributed by atoms with van der Waals surface area (Å²) >= 11 is 0. The molecule has 1 amide bonds. The van der Waals surface area contributed by atoms with Crippen LogP contribution < -0.4 is 0 Å². The Balaban J connectivity index is 1.50. The third kappa shape index (κ3) is 3.05. The van der Waals surface area contributed by atoms with Gasteiger partial charge in [-0.25, -0.2) is 4.98 Å². The van der Waals surface area contributed by atoms with Gasteiger partial charge in [0.15, 0.2) is 0 Å². The van der Waals surface area contributed by atoms with Gasteiger partial charge in [0.1, 0.15) is 5.82 Å². The van der Waals surface area contributed by atoms with E-state index in [9.17, 15) is 4.79 Å². The van der Waals surface area contributed by atoms with Gasteiger partial charge in [0.2, 0.25) is 5.91 Å². The molecule has 0 N–H and O–H groups in total. The summed E-state index contributed by atoms with van der Waals surface area (Å²) in [6, 6.07) is 12.3. The average Bonchev–Trinajstić information content (AvgIpc) is 3.24. The Morgan fingerprint density at radius 1 is 1.24 bits per heavy atom. The zero-order valence-corrected chi connectivity index (χ0v) is 14.2. The Morgan fingerprint density at radius 2 is 2.12 bits per heavy atom. The highest BCUT2D eigenvalue weighted by Gasteiger charge is 2.28. The molecule has 1 saturated heterocycles. The lowest BCUT2D eigenvalue weighted by Crippen LogP contribution is -2.27. The maximum absolute atomic E-state index is 12.5. The quantitative estimate of drug-likeness (QED) is 0.692. The summed E-state index contributed by atoms with van der Waals surface area (Å²) in [5.41, 5.74) is 3.09. The average molecular weight is 332 g/mol. The van der Waals surface area contributed by atoms with Gasteiger partial charge >= 0.3 is 0 Å². The Labute approximate surface area is 146 Å². The Bertz CT molecular complexity index is 929. The van der Waals surface area contributed by atoms with Crippen LogP contribution in [0.5, 0.6) is 0 Å². The number of fused-ring (bicyclic) bond motifs is 1. The van der Waals surface area contributed by atoms with Crippen molar-refractivity contribution in [3.05, 3.63) is 66.3 Å². The predicted octanol–water partition coefficient (Wildman–Crippen LogP) is 3.23. The van der Waals surface area contributed by atoms with E-state index >= 15 is 0 Å². The second-order valence-corrected chi connectivity index (χ2v) is 6.36. The molecule has 25 heavy (non-hydrogen) atoms. The van der Waals surface area contributed by atoms with Crippen molar-refractivity contribution in [2.24, 2.45) is 0 Å². The monoisotopic (exact) mass is 332 g/mol. The van der Waals surface area contributed by atoms with Crippen molar-refractivity contribution in [2.45, 2.75) is 19.4 Å². The van der Waals surface area contributed by atoms with Crippen molar-refractivity contribution >= 4 is 23.0 Å². The van der Waals surface area contributed by atoms with E-state index in [1.54, 1.807) is 18.5 Å². The molecule has 0 radical (unpaired) electrons. The summed E-state index contributed by atoms with van der Waals surface area (Å²) in [7, 11) is 0. The van der Waals surface area contributed by atoms with Gasteiger partial charge in [-0.2, -0.15) is 0 Å². The van der Waals surface area contributed by atoms with Crippen molar-refractivity contribution in [1.29, 1.82) is 0 Å². The molecule has 1 aliphatic heterocycles. The molecular weight excluding hydrogens is 312 g/mol. The Kier molecular flexibility index (Phi) is 4.06. The van der Waals surface area contributed by atoms with Crippen LogP contribution in [0.4, 0.5) is 0 Å². The number of hydrogen-bond donors (Lipinski definition) is 0. The first-order valence-electron chi connectivity index (χ1n) is 8.53. The number of benzene rings is 1. The van der Waals surface area contributed by atoms with Gasteiger partial charge < -0.3 is 9.47 Å². The number of nitrogens with zero attached hydrogens (tertiary/aromatic N) is 4. The highest BCUT2D eigenvalue weighted by Crippen LogP contribution is 2.28. The number of rotatable bonds is 3. The van der Waals surface area contributed by atoms with Crippen LogP contribution in [0, 0.1) is 6.92 Å². The zero-order chi connectivity index (χ0) is 17.2. The lowest BCUT2D eigenvalue weighted by molar-refractivity contribution is -0.125. The van der Waals surface area contributed by atoms with Gasteiger partial charge in [0.05, 0.1) is 17.1 Å². The normalized spacial score (nSPS) is 17.6. The molecule has 1 aliphatic rings. The maximum Gasteiger partial charge on any atom is 0.246 e. The number of para-hydroxylation sites is 2. The molecule has 5 heteroatoms. The predicted molar refractivity (Wildman–Crippen MR) is 98.0 cm³/mol. The van der Waals surface area contributed by atoms with Crippen LogP contribution in [0.2, 0.25) is 0 Å². The van der Waals surface area contributed by atoms with Gasteiger partial charge in [0, 0.05) is 31.6 Å². The van der Waals surface area contributed by atoms with Gasteiger partial charge in [-0.3, -0.25) is 9.78 Å². The standard InChI is InChI=1S/C20H20N4O/c1-15-22-18-6-2-3-7-19(18)24(15)17-10-12-23(14-17)20(25)9-8-16-5-4-11-21-13-16/h2-9,11,13,17H,10,12,14H2,1H3/b9-8+. The molecule has 1 atom stereocenters. The molecule has 0 aliphatic carbocycles. The van der Waals surface area contributed by atoms with E-state index in [4.69, 9.17) is 0 Å². The molecule has 1 fully saturated rings. The molecule has 3 aromatic rings. The summed E-state index contributed by atoms with van der Waals surface area (Å²) in [5.74, 6) is 1.06. The van der Waals surface area contributed by atoms with Crippen LogP contribution in [-0.4, -0.2) is 38.4 Å². The second kappa shape index (κ2) is 6.51. The zero-order valence-electron chi connectivity index (χ0n) is 14.2. The van der Waals surface area contributed by atoms with Crippen LogP contribution in [0.25, 0.3) is 17.1 Å². The minimum Gasteiger partial charge on any atom is -0.337 e. The largest absolute Gasteiger partial charge is 0.337 e. The smallest absolute Gasteiger partial charge is 0.246 e. The summed E-state index contributed by atoms with van der Waals surface area (Å²) < 4.78 is 2.27. The number of likely N-dealkylation sites (tertiary alicyclic amines) is 1. The SMILES string of the molecule is Cc1nc2ccccc2n1C1CCN(C(=O)/C=C/c2cccnc2)C1. The fourth-order valence-corrected chi connectivity index (χ4v) is 3.53. The van der Waals surface area contributed by atoms with Crippen molar-refractivity contribution < 1.29 is 4.79 Å². The molecule has 5 nitrogen and oxygen atoms in total. The molecule has 1 aromatic carbocycles. The van der Waals surface area contributed by atoms with Crippen LogP contribution in [0.1, 0.15) is 23.9 Å². The molecule has 4 rings (SSSR count). The Morgan fingerprint density at radius 3 is 2.96 bits per heavy atom. The van der Waals surface area contributed by atoms with E-state index in [1.165, 1.54) is 0 Å². The number of amides is 1. The minimum atomic E-state index is 0.0495. The summed E-state index contributed by atoms with van der Waals surface area (Å²) in [5, 5.41) is 0. The third-order valence-corrected chi connectivity index (χ3v) is 4.72. The van der Waals surface area contributed by atoms with Gasteiger partial charge in [-0.1, -0.05) is 18.2 Å². The molecule has 0 saturated carbocycles. The van der Waals surface area contributed by atoms with Crippen molar-refractivity contribution in [3.63, 3.8) is 0 Å². The van der Waals surface area contributed by atoms with Crippen molar-refractivity contribution in [3.8, 4) is 0 Å². The summed E-state index contributed by atoms with van der Waals surface area (Å²) in [4.78, 5) is 23.1. The van der Waals surface area contributed by atoms with Crippen molar-refractivity contribution in [2.75, 3.05) is 13.1 Å². The fourth-order valence-electron chi connectivity index (χ4n) is 3.53. The van der Waals surface area contributed by atoms with Gasteiger partial charge in [0.25, 0.3) is 0 Å². The van der Waals surface area contributed by atoms with Crippen LogP contribution >= 0.6 is 0 Å². The molecule has 0 spiro atoms. The highest BCUT2D eigenvalue weighted by molar-refractivity contribution is 5.92. The number of hydrogen-bond acceptors (Lipinski definition) is 3. The first-order chi connectivity index (χ1) is 12.2.